The molecule has 0 radical (unpaired) electrons. The highest BCUT2D eigenvalue weighted by atomic mass is 19.1. The van der Waals surface area contributed by atoms with Gasteiger partial charge in [0, 0.05) is 29.6 Å². The van der Waals surface area contributed by atoms with Crippen LogP contribution in [0.25, 0.3) is 39.5 Å². The Bertz CT molecular complexity index is 1850. The molecule has 0 saturated heterocycles. The van der Waals surface area contributed by atoms with E-state index in [-0.39, 0.29) is 23.8 Å². The van der Waals surface area contributed by atoms with E-state index >= 15 is 0 Å². The number of nitrogens with one attached hydrogen (secondary N) is 1. The fourth-order valence-corrected chi connectivity index (χ4v) is 4.45. The molecule has 196 valence electrons. The fourth-order valence-electron chi connectivity index (χ4n) is 4.45. The zero-order chi connectivity index (χ0) is 27.6. The van der Waals surface area contributed by atoms with Crippen LogP contribution in [0.4, 0.5) is 14.6 Å². The number of rotatable bonds is 6. The topological polar surface area (TPSA) is 98.7 Å². The Balaban J connectivity index is 1.38. The number of nitrogens with zero attached hydrogens (tertiary/aromatic N) is 4. The number of benzene rings is 3. The Morgan fingerprint density at radius 1 is 0.850 bits per heavy atom. The number of fused-ring (bicyclic) bond motifs is 1. The molecule has 0 unspecified atom stereocenters. The molecule has 3 heterocycles. The number of aromatic nitrogens is 4. The number of amides is 1. The van der Waals surface area contributed by atoms with Gasteiger partial charge in [-0.25, -0.2) is 23.7 Å². The van der Waals surface area contributed by atoms with E-state index in [9.17, 15) is 13.6 Å². The number of carbonyl (C=O) groups is 1. The number of pyridine rings is 2. The molecule has 6 aromatic rings. The van der Waals surface area contributed by atoms with Crippen LogP contribution in [-0.2, 0) is 6.54 Å². The third kappa shape index (κ3) is 4.88. The van der Waals surface area contributed by atoms with E-state index in [2.05, 4.69) is 10.3 Å². The molecule has 1 amide bonds. The third-order valence-electron chi connectivity index (χ3n) is 6.46. The number of nitrogens with two attached hydrogens (primary N) is 1. The van der Waals surface area contributed by atoms with Gasteiger partial charge in [-0.15, -0.1) is 0 Å². The molecule has 0 saturated carbocycles. The molecule has 7 nitrogen and oxygen atoms in total. The number of anilines is 1. The average Bonchev–Trinajstić information content (AvgIpc) is 3.35. The van der Waals surface area contributed by atoms with Crippen LogP contribution >= 0.6 is 0 Å². The largest absolute Gasteiger partial charge is 0.383 e. The van der Waals surface area contributed by atoms with E-state index in [0.717, 1.165) is 16.8 Å². The van der Waals surface area contributed by atoms with Gasteiger partial charge in [0.1, 0.15) is 23.0 Å². The fraction of sp³-hybridized carbons (Fsp3) is 0.0323. The lowest BCUT2D eigenvalue weighted by molar-refractivity contribution is 0.0950. The van der Waals surface area contributed by atoms with Crippen molar-refractivity contribution in [3.8, 4) is 28.3 Å². The first kappa shape index (κ1) is 24.9. The normalized spacial score (nSPS) is 11.1. The van der Waals surface area contributed by atoms with E-state index in [4.69, 9.17) is 15.7 Å². The van der Waals surface area contributed by atoms with Crippen molar-refractivity contribution in [1.29, 1.82) is 0 Å². The first-order valence-electron chi connectivity index (χ1n) is 12.5. The van der Waals surface area contributed by atoms with Crippen LogP contribution in [0, 0.1) is 11.6 Å². The minimum atomic E-state index is -0.467. The predicted molar refractivity (Wildman–Crippen MR) is 149 cm³/mol. The number of carbonyl (C=O) groups excluding carboxylic acids is 1. The molecule has 40 heavy (non-hydrogen) atoms. The van der Waals surface area contributed by atoms with Gasteiger partial charge >= 0.3 is 0 Å². The molecule has 0 atom stereocenters. The zero-order valence-corrected chi connectivity index (χ0v) is 21.1. The number of halogens is 2. The quantitative estimate of drug-likeness (QED) is 0.277. The van der Waals surface area contributed by atoms with E-state index in [0.29, 0.717) is 34.1 Å². The summed E-state index contributed by atoms with van der Waals surface area (Å²) in [6, 6.07) is 26.6. The summed E-state index contributed by atoms with van der Waals surface area (Å²) in [6.07, 6.45) is 1.61. The second-order valence-electron chi connectivity index (χ2n) is 9.11. The van der Waals surface area contributed by atoms with Crippen molar-refractivity contribution in [1.82, 2.24) is 24.8 Å². The van der Waals surface area contributed by atoms with E-state index in [1.807, 2.05) is 47.0 Å². The minimum Gasteiger partial charge on any atom is -0.383 e. The van der Waals surface area contributed by atoms with Gasteiger partial charge in [-0.05, 0) is 84.4 Å². The molecule has 3 aromatic heterocycles. The first-order chi connectivity index (χ1) is 19.5. The smallest absolute Gasteiger partial charge is 0.251 e. The van der Waals surface area contributed by atoms with Crippen LogP contribution in [-0.4, -0.2) is 25.4 Å². The van der Waals surface area contributed by atoms with Crippen molar-refractivity contribution in [3.05, 3.63) is 126 Å². The van der Waals surface area contributed by atoms with Crippen LogP contribution in [0.3, 0.4) is 0 Å². The van der Waals surface area contributed by atoms with Crippen molar-refractivity contribution in [2.24, 2.45) is 0 Å². The van der Waals surface area contributed by atoms with Gasteiger partial charge in [0.2, 0.25) is 0 Å². The maximum absolute atomic E-state index is 13.5. The molecule has 0 bridgehead atoms. The predicted octanol–water partition coefficient (Wildman–Crippen LogP) is 5.94. The van der Waals surface area contributed by atoms with E-state index in [1.165, 1.54) is 30.3 Å². The molecular weight excluding hydrogens is 510 g/mol. The van der Waals surface area contributed by atoms with E-state index < -0.39 is 5.82 Å². The summed E-state index contributed by atoms with van der Waals surface area (Å²) in [5.74, 6) is -0.260. The highest BCUT2D eigenvalue weighted by Gasteiger charge is 2.19. The van der Waals surface area contributed by atoms with Gasteiger partial charge in [0.15, 0.2) is 11.5 Å². The summed E-state index contributed by atoms with van der Waals surface area (Å²) in [7, 11) is 0. The maximum atomic E-state index is 13.5. The number of hydrogen-bond acceptors (Lipinski definition) is 5. The molecular formula is C31H22F2N6O. The summed E-state index contributed by atoms with van der Waals surface area (Å²) in [6.45, 7) is 0.260. The number of imidazole rings is 1. The lowest BCUT2D eigenvalue weighted by Crippen LogP contribution is -2.22. The standard InChI is InChI=1S/C31H22F2N6O/c32-22-10-8-20(9-11-22)26-14-15-27-30(37-26)39(29(38-27)25-5-2-16-35-28(25)34)24-12-6-19(7-13-24)18-36-31(40)21-3-1-4-23(33)17-21/h1-17H,18H2,(H2,34,35)(H,36,40). The summed E-state index contributed by atoms with van der Waals surface area (Å²) >= 11 is 0. The molecule has 0 aliphatic rings. The molecule has 0 aliphatic carbocycles. The lowest BCUT2D eigenvalue weighted by atomic mass is 10.1. The SMILES string of the molecule is Nc1ncccc1-c1nc2ccc(-c3ccc(F)cc3)nc2n1-c1ccc(CNC(=O)c2cccc(F)c2)cc1. The van der Waals surface area contributed by atoms with Crippen LogP contribution in [0.2, 0.25) is 0 Å². The van der Waals surface area contributed by atoms with Crippen molar-refractivity contribution in [2.45, 2.75) is 6.54 Å². The van der Waals surface area contributed by atoms with Crippen LogP contribution in [0.5, 0.6) is 0 Å². The van der Waals surface area contributed by atoms with Crippen LogP contribution in [0.1, 0.15) is 15.9 Å². The number of nitrogen functional groups attached to an aromatic ring is 1. The summed E-state index contributed by atoms with van der Waals surface area (Å²) in [4.78, 5) is 26.4. The third-order valence-corrected chi connectivity index (χ3v) is 6.46. The monoisotopic (exact) mass is 532 g/mol. The van der Waals surface area contributed by atoms with Gasteiger partial charge in [0.25, 0.3) is 5.91 Å². The van der Waals surface area contributed by atoms with Gasteiger partial charge in [-0.1, -0.05) is 18.2 Å². The molecule has 0 aliphatic heterocycles. The molecule has 0 spiro atoms. The second kappa shape index (κ2) is 10.4. The molecule has 9 heteroatoms. The average molecular weight is 533 g/mol. The van der Waals surface area contributed by atoms with Crippen molar-refractivity contribution >= 4 is 22.9 Å². The van der Waals surface area contributed by atoms with Gasteiger partial charge in [0.05, 0.1) is 11.3 Å². The highest BCUT2D eigenvalue weighted by Crippen LogP contribution is 2.31. The maximum Gasteiger partial charge on any atom is 0.251 e. The second-order valence-corrected chi connectivity index (χ2v) is 9.11. The van der Waals surface area contributed by atoms with Crippen molar-refractivity contribution in [3.63, 3.8) is 0 Å². The highest BCUT2D eigenvalue weighted by molar-refractivity contribution is 5.94. The van der Waals surface area contributed by atoms with Gasteiger partial charge in [-0.3, -0.25) is 9.36 Å². The Morgan fingerprint density at radius 3 is 2.40 bits per heavy atom. The summed E-state index contributed by atoms with van der Waals surface area (Å²) in [5, 5.41) is 2.81. The Labute approximate surface area is 228 Å². The first-order valence-corrected chi connectivity index (χ1v) is 12.5. The van der Waals surface area contributed by atoms with Crippen molar-refractivity contribution in [2.75, 3.05) is 5.73 Å². The van der Waals surface area contributed by atoms with Crippen LogP contribution < -0.4 is 11.1 Å². The number of hydrogen-bond donors (Lipinski definition) is 2. The molecule has 0 fully saturated rings. The Morgan fingerprint density at radius 2 is 1.65 bits per heavy atom. The lowest BCUT2D eigenvalue weighted by Gasteiger charge is -2.12. The van der Waals surface area contributed by atoms with Gasteiger partial charge in [-0.2, -0.15) is 0 Å². The Hall–Kier alpha value is -5.44. The zero-order valence-electron chi connectivity index (χ0n) is 21.1. The molecule has 3 N–H and O–H groups in total. The molecule has 3 aromatic carbocycles. The van der Waals surface area contributed by atoms with Crippen molar-refractivity contribution < 1.29 is 13.6 Å². The summed E-state index contributed by atoms with van der Waals surface area (Å²) < 4.78 is 28.9. The minimum absolute atomic E-state index is 0.253. The Kier molecular flexibility index (Phi) is 6.45. The summed E-state index contributed by atoms with van der Waals surface area (Å²) in [5.41, 5.74) is 11.4. The molecule has 6 rings (SSSR count). The van der Waals surface area contributed by atoms with E-state index in [1.54, 1.807) is 30.5 Å². The van der Waals surface area contributed by atoms with Crippen LogP contribution in [0.15, 0.2) is 103 Å². The van der Waals surface area contributed by atoms with Gasteiger partial charge < -0.3 is 11.1 Å².